The largest absolute Gasteiger partial charge is 0.481 e. The number of rotatable bonds is 5. The molecule has 2 rings (SSSR count). The van der Waals surface area contributed by atoms with Gasteiger partial charge in [-0.3, -0.25) is 0 Å². The summed E-state index contributed by atoms with van der Waals surface area (Å²) in [7, 11) is 1.56. The van der Waals surface area contributed by atoms with Gasteiger partial charge in [0.25, 0.3) is 0 Å². The number of nitrogens with zero attached hydrogens (tertiary/aromatic N) is 2. The van der Waals surface area contributed by atoms with Gasteiger partial charge in [0.15, 0.2) is 0 Å². The van der Waals surface area contributed by atoms with Gasteiger partial charge in [-0.2, -0.15) is 0 Å². The van der Waals surface area contributed by atoms with Crippen LogP contribution in [0.3, 0.4) is 0 Å². The van der Waals surface area contributed by atoms with Crippen LogP contribution < -0.4 is 15.4 Å². The summed E-state index contributed by atoms with van der Waals surface area (Å²) >= 11 is 1.61. The minimum Gasteiger partial charge on any atom is -0.481 e. The number of carbonyl (C=O) groups excluding carboxylic acids is 1. The number of hydrogen-bond donors (Lipinski definition) is 2. The smallest absolute Gasteiger partial charge is 0.319 e. The SMILES string of the molecule is COc1ccc(NC(=O)NCC(C)c2nc(C)cs2)c(C)n1. The lowest BCUT2D eigenvalue weighted by atomic mass is 10.2. The maximum absolute atomic E-state index is 12.0. The van der Waals surface area contributed by atoms with Crippen molar-refractivity contribution >= 4 is 23.1 Å². The van der Waals surface area contributed by atoms with Gasteiger partial charge in [-0.1, -0.05) is 6.92 Å². The number of carbonyl (C=O) groups is 1. The average Bonchev–Trinajstić information content (AvgIpc) is 2.93. The molecule has 0 fully saturated rings. The number of aryl methyl sites for hydroxylation is 2. The highest BCUT2D eigenvalue weighted by Gasteiger charge is 2.12. The molecule has 0 bridgehead atoms. The molecule has 2 N–H and O–H groups in total. The van der Waals surface area contributed by atoms with Crippen molar-refractivity contribution < 1.29 is 9.53 Å². The summed E-state index contributed by atoms with van der Waals surface area (Å²) in [5, 5.41) is 8.68. The molecule has 2 aromatic heterocycles. The van der Waals surface area contributed by atoms with Crippen molar-refractivity contribution in [1.82, 2.24) is 15.3 Å². The summed E-state index contributed by atoms with van der Waals surface area (Å²) in [6, 6.07) is 3.23. The van der Waals surface area contributed by atoms with E-state index < -0.39 is 0 Å². The van der Waals surface area contributed by atoms with Gasteiger partial charge < -0.3 is 15.4 Å². The zero-order chi connectivity index (χ0) is 16.1. The minimum atomic E-state index is -0.254. The Balaban J connectivity index is 1.88. The lowest BCUT2D eigenvalue weighted by molar-refractivity contribution is 0.251. The third kappa shape index (κ3) is 4.17. The van der Waals surface area contributed by atoms with E-state index in [1.807, 2.05) is 26.2 Å². The molecule has 1 atom stereocenters. The second kappa shape index (κ2) is 7.22. The molecule has 2 amide bonds. The Hall–Kier alpha value is -2.15. The maximum Gasteiger partial charge on any atom is 0.319 e. The lowest BCUT2D eigenvalue weighted by Crippen LogP contribution is -2.32. The van der Waals surface area contributed by atoms with E-state index in [-0.39, 0.29) is 11.9 Å². The average molecular weight is 320 g/mol. The van der Waals surface area contributed by atoms with Gasteiger partial charge in [0.05, 0.1) is 23.5 Å². The second-order valence-corrected chi connectivity index (χ2v) is 5.94. The lowest BCUT2D eigenvalue weighted by Gasteiger charge is -2.12. The third-order valence-electron chi connectivity index (χ3n) is 3.14. The molecule has 0 aliphatic carbocycles. The van der Waals surface area contributed by atoms with Gasteiger partial charge >= 0.3 is 6.03 Å². The van der Waals surface area contributed by atoms with Crippen LogP contribution >= 0.6 is 11.3 Å². The van der Waals surface area contributed by atoms with E-state index in [1.54, 1.807) is 30.6 Å². The van der Waals surface area contributed by atoms with E-state index in [9.17, 15) is 4.79 Å². The number of aromatic nitrogens is 2. The standard InChI is InChI=1S/C15H20N4O2S/c1-9(14-17-10(2)8-22-14)7-16-15(20)19-12-5-6-13(21-4)18-11(12)3/h5-6,8-9H,7H2,1-4H3,(H2,16,19,20). The molecule has 0 aromatic carbocycles. The van der Waals surface area contributed by atoms with Gasteiger partial charge in [0.1, 0.15) is 0 Å². The van der Waals surface area contributed by atoms with Crippen molar-refractivity contribution in [3.63, 3.8) is 0 Å². The zero-order valence-electron chi connectivity index (χ0n) is 13.1. The number of hydrogen-bond acceptors (Lipinski definition) is 5. The van der Waals surface area contributed by atoms with Crippen LogP contribution in [0.4, 0.5) is 10.5 Å². The number of nitrogens with one attached hydrogen (secondary N) is 2. The number of ether oxygens (including phenoxy) is 1. The van der Waals surface area contributed by atoms with Crippen molar-refractivity contribution in [3.8, 4) is 5.88 Å². The van der Waals surface area contributed by atoms with Crippen LogP contribution in [0.5, 0.6) is 5.88 Å². The molecule has 0 aliphatic heterocycles. The Morgan fingerprint density at radius 3 is 2.73 bits per heavy atom. The normalized spacial score (nSPS) is 11.8. The molecule has 2 aromatic rings. The van der Waals surface area contributed by atoms with Crippen molar-refractivity contribution in [1.29, 1.82) is 0 Å². The van der Waals surface area contributed by atoms with E-state index in [0.717, 1.165) is 10.7 Å². The molecule has 2 heterocycles. The predicted molar refractivity (Wildman–Crippen MR) is 87.8 cm³/mol. The Morgan fingerprint density at radius 1 is 1.36 bits per heavy atom. The monoisotopic (exact) mass is 320 g/mol. The number of methoxy groups -OCH3 is 1. The van der Waals surface area contributed by atoms with E-state index >= 15 is 0 Å². The van der Waals surface area contributed by atoms with Crippen LogP contribution in [-0.4, -0.2) is 29.7 Å². The number of pyridine rings is 1. The van der Waals surface area contributed by atoms with Crippen LogP contribution in [0.15, 0.2) is 17.5 Å². The minimum absolute atomic E-state index is 0.180. The summed E-state index contributed by atoms with van der Waals surface area (Å²) in [6.07, 6.45) is 0. The van der Waals surface area contributed by atoms with E-state index in [4.69, 9.17) is 4.74 Å². The highest BCUT2D eigenvalue weighted by Crippen LogP contribution is 2.19. The van der Waals surface area contributed by atoms with Crippen LogP contribution in [0.1, 0.15) is 29.2 Å². The Labute approximate surface area is 133 Å². The molecule has 1 unspecified atom stereocenters. The maximum atomic E-state index is 12.0. The predicted octanol–water partition coefficient (Wildman–Crippen LogP) is 3.09. The fourth-order valence-corrected chi connectivity index (χ4v) is 2.74. The highest BCUT2D eigenvalue weighted by molar-refractivity contribution is 7.09. The number of urea groups is 1. The van der Waals surface area contributed by atoms with Crippen LogP contribution in [-0.2, 0) is 0 Å². The van der Waals surface area contributed by atoms with Gasteiger partial charge in [0.2, 0.25) is 5.88 Å². The summed E-state index contributed by atoms with van der Waals surface area (Å²) in [5.41, 5.74) is 2.38. The number of anilines is 1. The first kappa shape index (κ1) is 16.2. The number of thiazole rings is 1. The summed E-state index contributed by atoms with van der Waals surface area (Å²) in [5.74, 6) is 0.704. The van der Waals surface area contributed by atoms with Crippen molar-refractivity contribution in [3.05, 3.63) is 33.9 Å². The molecule has 0 spiro atoms. The van der Waals surface area contributed by atoms with Crippen LogP contribution in [0, 0.1) is 13.8 Å². The molecular formula is C15H20N4O2S. The van der Waals surface area contributed by atoms with Crippen LogP contribution in [0.2, 0.25) is 0 Å². The molecule has 118 valence electrons. The molecule has 7 heteroatoms. The molecular weight excluding hydrogens is 300 g/mol. The van der Waals surface area contributed by atoms with Gasteiger partial charge in [-0.05, 0) is 19.9 Å². The Bertz CT molecular complexity index is 657. The van der Waals surface area contributed by atoms with E-state index in [0.29, 0.717) is 23.8 Å². The Morgan fingerprint density at radius 2 is 2.14 bits per heavy atom. The molecule has 0 radical (unpaired) electrons. The van der Waals surface area contributed by atoms with Gasteiger partial charge in [0, 0.05) is 29.6 Å². The van der Waals surface area contributed by atoms with E-state index in [1.165, 1.54) is 0 Å². The fourth-order valence-electron chi connectivity index (χ4n) is 1.88. The first-order valence-corrected chi connectivity index (χ1v) is 7.86. The highest BCUT2D eigenvalue weighted by atomic mass is 32.1. The fraction of sp³-hybridized carbons (Fsp3) is 0.400. The van der Waals surface area contributed by atoms with Crippen molar-refractivity contribution in [2.24, 2.45) is 0 Å². The first-order chi connectivity index (χ1) is 10.5. The third-order valence-corrected chi connectivity index (χ3v) is 4.34. The molecule has 0 saturated carbocycles. The zero-order valence-corrected chi connectivity index (χ0v) is 14.0. The quantitative estimate of drug-likeness (QED) is 0.887. The summed E-state index contributed by atoms with van der Waals surface area (Å²) < 4.78 is 5.04. The summed E-state index contributed by atoms with van der Waals surface area (Å²) in [6.45, 7) is 6.35. The Kier molecular flexibility index (Phi) is 5.32. The molecule has 22 heavy (non-hydrogen) atoms. The molecule has 0 saturated heterocycles. The number of amides is 2. The summed E-state index contributed by atoms with van der Waals surface area (Å²) in [4.78, 5) is 20.6. The second-order valence-electron chi connectivity index (χ2n) is 5.05. The van der Waals surface area contributed by atoms with E-state index in [2.05, 4.69) is 20.6 Å². The molecule has 0 aliphatic rings. The molecule has 6 nitrogen and oxygen atoms in total. The topological polar surface area (TPSA) is 76.1 Å². The van der Waals surface area contributed by atoms with Gasteiger partial charge in [-0.25, -0.2) is 14.8 Å². The van der Waals surface area contributed by atoms with Crippen molar-refractivity contribution in [2.75, 3.05) is 19.0 Å². The van der Waals surface area contributed by atoms with Gasteiger partial charge in [-0.15, -0.1) is 11.3 Å². The van der Waals surface area contributed by atoms with Crippen molar-refractivity contribution in [2.45, 2.75) is 26.7 Å². The van der Waals surface area contributed by atoms with Crippen LogP contribution in [0.25, 0.3) is 0 Å². The first-order valence-electron chi connectivity index (χ1n) is 6.98.